The molecule has 18 heavy (non-hydrogen) atoms. The molecule has 5 heteroatoms. The predicted octanol–water partition coefficient (Wildman–Crippen LogP) is 1.33. The topological polar surface area (TPSA) is 73.6 Å². The average Bonchev–Trinajstić information content (AvgIpc) is 2.84. The van der Waals surface area contributed by atoms with E-state index in [1.165, 1.54) is 0 Å². The number of hydrogen-bond acceptors (Lipinski definition) is 4. The third-order valence-corrected chi connectivity index (χ3v) is 3.03. The summed E-state index contributed by atoms with van der Waals surface area (Å²) in [6.45, 7) is 4.05. The molecule has 0 aliphatic carbocycles. The second-order valence-electron chi connectivity index (χ2n) is 4.36. The minimum atomic E-state index is -0.457. The van der Waals surface area contributed by atoms with Gasteiger partial charge in [-0.25, -0.2) is 0 Å². The van der Waals surface area contributed by atoms with Gasteiger partial charge in [0, 0.05) is 0 Å². The summed E-state index contributed by atoms with van der Waals surface area (Å²) in [6.07, 6.45) is 0.625. The summed E-state index contributed by atoms with van der Waals surface area (Å²) in [6, 6.07) is 5.08. The van der Waals surface area contributed by atoms with E-state index < -0.39 is 6.04 Å². The van der Waals surface area contributed by atoms with Crippen LogP contribution in [0, 0.1) is 0 Å². The third-order valence-electron chi connectivity index (χ3n) is 3.03. The Hall–Kier alpha value is -1.75. The van der Waals surface area contributed by atoms with E-state index in [0.717, 1.165) is 11.3 Å². The first kappa shape index (κ1) is 12.7. The maximum absolute atomic E-state index is 11.7. The molecule has 2 rings (SSSR count). The van der Waals surface area contributed by atoms with Crippen LogP contribution in [0.5, 0.6) is 11.5 Å². The fraction of sp³-hybridized carbons (Fsp3) is 0.462. The Morgan fingerprint density at radius 1 is 1.44 bits per heavy atom. The van der Waals surface area contributed by atoms with Crippen molar-refractivity contribution < 1.29 is 14.3 Å². The summed E-state index contributed by atoms with van der Waals surface area (Å²) in [5.41, 5.74) is 6.64. The zero-order valence-corrected chi connectivity index (χ0v) is 10.6. The second-order valence-corrected chi connectivity index (χ2v) is 4.36. The lowest BCUT2D eigenvalue weighted by molar-refractivity contribution is -0.123. The van der Waals surface area contributed by atoms with Gasteiger partial charge in [-0.2, -0.15) is 0 Å². The number of carbonyl (C=O) groups excluding carboxylic acids is 1. The van der Waals surface area contributed by atoms with Crippen molar-refractivity contribution in [3.05, 3.63) is 23.8 Å². The van der Waals surface area contributed by atoms with Gasteiger partial charge >= 0.3 is 0 Å². The van der Waals surface area contributed by atoms with E-state index >= 15 is 0 Å². The summed E-state index contributed by atoms with van der Waals surface area (Å²) in [7, 11) is 0. The molecule has 3 N–H and O–H groups in total. The number of fused-ring (bicyclic) bond motifs is 1. The number of amides is 1. The molecule has 5 nitrogen and oxygen atoms in total. The van der Waals surface area contributed by atoms with Crippen molar-refractivity contribution in [3.8, 4) is 11.5 Å². The molecule has 1 aliphatic rings. The summed E-state index contributed by atoms with van der Waals surface area (Å²) >= 11 is 0. The highest BCUT2D eigenvalue weighted by Gasteiger charge is 2.18. The molecule has 0 bridgehead atoms. The van der Waals surface area contributed by atoms with Crippen molar-refractivity contribution in [2.24, 2.45) is 5.73 Å². The number of carbonyl (C=O) groups is 1. The number of rotatable bonds is 4. The Balaban J connectivity index is 2.05. The minimum Gasteiger partial charge on any atom is -0.454 e. The van der Waals surface area contributed by atoms with Crippen molar-refractivity contribution in [1.82, 2.24) is 5.32 Å². The Kier molecular flexibility index (Phi) is 3.72. The van der Waals surface area contributed by atoms with Crippen LogP contribution in [-0.4, -0.2) is 18.7 Å². The van der Waals surface area contributed by atoms with Crippen molar-refractivity contribution in [1.29, 1.82) is 0 Å². The molecule has 0 radical (unpaired) electrons. The van der Waals surface area contributed by atoms with Crippen molar-refractivity contribution in [2.45, 2.75) is 32.4 Å². The Morgan fingerprint density at radius 3 is 2.89 bits per heavy atom. The molecule has 0 spiro atoms. The Morgan fingerprint density at radius 2 is 2.17 bits per heavy atom. The first-order chi connectivity index (χ1) is 8.61. The number of nitrogens with two attached hydrogens (primary N) is 1. The van der Waals surface area contributed by atoms with E-state index in [1.807, 2.05) is 32.0 Å². The number of ether oxygens (including phenoxy) is 2. The maximum Gasteiger partial charge on any atom is 0.237 e. The average molecular weight is 250 g/mol. The largest absolute Gasteiger partial charge is 0.454 e. The van der Waals surface area contributed by atoms with Gasteiger partial charge in [-0.05, 0) is 31.0 Å². The smallest absolute Gasteiger partial charge is 0.237 e. The van der Waals surface area contributed by atoms with Gasteiger partial charge < -0.3 is 20.5 Å². The molecule has 0 saturated heterocycles. The van der Waals surface area contributed by atoms with E-state index in [2.05, 4.69) is 5.32 Å². The Labute approximate surface area is 106 Å². The summed E-state index contributed by atoms with van der Waals surface area (Å²) in [5, 5.41) is 2.88. The molecular formula is C13H18N2O3. The predicted molar refractivity (Wildman–Crippen MR) is 67.4 cm³/mol. The fourth-order valence-corrected chi connectivity index (χ4v) is 1.77. The highest BCUT2D eigenvalue weighted by atomic mass is 16.7. The van der Waals surface area contributed by atoms with Crippen LogP contribution in [0.15, 0.2) is 18.2 Å². The van der Waals surface area contributed by atoms with E-state index in [0.29, 0.717) is 12.2 Å². The monoisotopic (exact) mass is 250 g/mol. The van der Waals surface area contributed by atoms with Gasteiger partial charge in [-0.15, -0.1) is 0 Å². The van der Waals surface area contributed by atoms with Crippen LogP contribution in [-0.2, 0) is 4.79 Å². The number of benzene rings is 1. The van der Waals surface area contributed by atoms with E-state index in [4.69, 9.17) is 15.2 Å². The lowest BCUT2D eigenvalue weighted by Crippen LogP contribution is -2.41. The van der Waals surface area contributed by atoms with E-state index in [1.54, 1.807) is 0 Å². The van der Waals surface area contributed by atoms with Crippen LogP contribution in [0.25, 0.3) is 0 Å². The van der Waals surface area contributed by atoms with Gasteiger partial charge in [0.25, 0.3) is 0 Å². The molecular weight excluding hydrogens is 232 g/mol. The standard InChI is InChI=1S/C13H18N2O3/c1-3-10(14)13(16)15-8(2)9-4-5-11-12(6-9)18-7-17-11/h4-6,8,10H,3,7,14H2,1-2H3,(H,15,16)/t8?,10-/m0/s1. The zero-order chi connectivity index (χ0) is 13.1. The molecule has 98 valence electrons. The number of nitrogens with one attached hydrogen (secondary N) is 1. The molecule has 2 atom stereocenters. The fourth-order valence-electron chi connectivity index (χ4n) is 1.77. The lowest BCUT2D eigenvalue weighted by Gasteiger charge is -2.17. The molecule has 1 heterocycles. The normalized spacial score (nSPS) is 16.2. The van der Waals surface area contributed by atoms with Gasteiger partial charge in [-0.1, -0.05) is 13.0 Å². The van der Waals surface area contributed by atoms with Crippen LogP contribution < -0.4 is 20.5 Å². The van der Waals surface area contributed by atoms with Crippen molar-refractivity contribution >= 4 is 5.91 Å². The summed E-state index contributed by atoms with van der Waals surface area (Å²) < 4.78 is 10.5. The van der Waals surface area contributed by atoms with Gasteiger partial charge in [0.15, 0.2) is 11.5 Å². The van der Waals surface area contributed by atoms with Crippen LogP contribution >= 0.6 is 0 Å². The maximum atomic E-state index is 11.7. The molecule has 1 unspecified atom stereocenters. The zero-order valence-electron chi connectivity index (χ0n) is 10.6. The highest BCUT2D eigenvalue weighted by Crippen LogP contribution is 2.34. The summed E-state index contributed by atoms with van der Waals surface area (Å²) in [5.74, 6) is 1.32. The van der Waals surface area contributed by atoms with Crippen LogP contribution in [0.4, 0.5) is 0 Å². The first-order valence-electron chi connectivity index (χ1n) is 6.07. The highest BCUT2D eigenvalue weighted by molar-refractivity contribution is 5.81. The van der Waals surface area contributed by atoms with Crippen LogP contribution in [0.3, 0.4) is 0 Å². The van der Waals surface area contributed by atoms with Crippen LogP contribution in [0.1, 0.15) is 31.9 Å². The van der Waals surface area contributed by atoms with Gasteiger partial charge in [0.1, 0.15) is 0 Å². The minimum absolute atomic E-state index is 0.107. The van der Waals surface area contributed by atoms with Gasteiger partial charge in [0.2, 0.25) is 12.7 Å². The van der Waals surface area contributed by atoms with Gasteiger partial charge in [-0.3, -0.25) is 4.79 Å². The first-order valence-corrected chi connectivity index (χ1v) is 6.07. The third kappa shape index (κ3) is 2.56. The summed E-state index contributed by atoms with van der Waals surface area (Å²) in [4.78, 5) is 11.7. The Bertz CT molecular complexity index is 448. The van der Waals surface area contributed by atoms with Gasteiger partial charge in [0.05, 0.1) is 12.1 Å². The van der Waals surface area contributed by atoms with Crippen LogP contribution in [0.2, 0.25) is 0 Å². The lowest BCUT2D eigenvalue weighted by atomic mass is 10.1. The second kappa shape index (κ2) is 5.27. The number of hydrogen-bond donors (Lipinski definition) is 2. The quantitative estimate of drug-likeness (QED) is 0.845. The molecule has 0 fully saturated rings. The van der Waals surface area contributed by atoms with Crippen molar-refractivity contribution in [2.75, 3.05) is 6.79 Å². The molecule has 0 saturated carbocycles. The molecule has 1 aromatic carbocycles. The molecule has 0 aromatic heterocycles. The van der Waals surface area contributed by atoms with E-state index in [-0.39, 0.29) is 18.7 Å². The molecule has 1 aromatic rings. The molecule has 1 aliphatic heterocycles. The molecule has 1 amide bonds. The SMILES string of the molecule is CC[C@H](N)C(=O)NC(C)c1ccc2c(c1)OCO2. The van der Waals surface area contributed by atoms with Crippen molar-refractivity contribution in [3.63, 3.8) is 0 Å². The van der Waals surface area contributed by atoms with E-state index in [9.17, 15) is 4.79 Å².